The predicted molar refractivity (Wildman–Crippen MR) is 88.3 cm³/mol. The summed E-state index contributed by atoms with van der Waals surface area (Å²) in [6.07, 6.45) is 7.64. The minimum Gasteiger partial charge on any atom is -0.478 e. The molecule has 0 aromatic heterocycles. The molecule has 3 heteroatoms. The molecule has 0 radical (unpaired) electrons. The molecule has 0 amide bonds. The number of unbranched alkanes of at least 4 members (excludes halogenated alkanes) is 4. The van der Waals surface area contributed by atoms with Crippen molar-refractivity contribution in [2.75, 3.05) is 0 Å². The van der Waals surface area contributed by atoms with E-state index in [1.54, 1.807) is 12.1 Å². The maximum absolute atomic E-state index is 10.7. The maximum atomic E-state index is 10.7. The van der Waals surface area contributed by atoms with Crippen LogP contribution in [0.15, 0.2) is 24.3 Å². The van der Waals surface area contributed by atoms with Gasteiger partial charge in [0.1, 0.15) is 0 Å². The first kappa shape index (κ1) is 17.0. The highest BCUT2D eigenvalue weighted by atomic mass is 28.3. The molecule has 0 aliphatic heterocycles. The lowest BCUT2D eigenvalue weighted by molar-refractivity contribution is 0.0697. The Hall–Kier alpha value is -1.09. The first-order valence-electron chi connectivity index (χ1n) is 7.71. The van der Waals surface area contributed by atoms with Crippen LogP contribution in [0, 0.1) is 0 Å². The second-order valence-electron chi connectivity index (χ2n) is 6.83. The van der Waals surface area contributed by atoms with E-state index >= 15 is 0 Å². The number of carboxylic acids is 1. The second kappa shape index (κ2) is 8.25. The maximum Gasteiger partial charge on any atom is 0.335 e. The molecule has 0 atom stereocenters. The summed E-state index contributed by atoms with van der Waals surface area (Å²) >= 11 is 0. The van der Waals surface area contributed by atoms with Gasteiger partial charge in [0.15, 0.2) is 0 Å². The Morgan fingerprint density at radius 2 is 1.50 bits per heavy atom. The van der Waals surface area contributed by atoms with Crippen molar-refractivity contribution in [1.82, 2.24) is 0 Å². The van der Waals surface area contributed by atoms with Crippen LogP contribution in [0.2, 0.25) is 25.7 Å². The third-order valence-electron chi connectivity index (χ3n) is 3.59. The lowest BCUT2D eigenvalue weighted by Gasteiger charge is -2.14. The zero-order valence-electron chi connectivity index (χ0n) is 13.1. The summed E-state index contributed by atoms with van der Waals surface area (Å²) in [5, 5.41) is 8.83. The van der Waals surface area contributed by atoms with Crippen LogP contribution in [0.3, 0.4) is 0 Å². The summed E-state index contributed by atoms with van der Waals surface area (Å²) in [6.45, 7) is 7.31. The lowest BCUT2D eigenvalue weighted by Crippen LogP contribution is -2.18. The minimum absolute atomic E-state index is 0.375. The first-order chi connectivity index (χ1) is 9.38. The Kier molecular flexibility index (Phi) is 7.00. The highest BCUT2D eigenvalue weighted by Crippen LogP contribution is 2.16. The van der Waals surface area contributed by atoms with E-state index in [-0.39, 0.29) is 0 Å². The zero-order valence-corrected chi connectivity index (χ0v) is 14.1. The molecule has 0 spiro atoms. The van der Waals surface area contributed by atoms with Crippen molar-refractivity contribution < 1.29 is 9.90 Å². The third kappa shape index (κ3) is 7.48. The first-order valence-corrected chi connectivity index (χ1v) is 11.4. The van der Waals surface area contributed by atoms with Crippen molar-refractivity contribution in [2.24, 2.45) is 0 Å². The van der Waals surface area contributed by atoms with E-state index in [2.05, 4.69) is 19.6 Å². The van der Waals surface area contributed by atoms with E-state index < -0.39 is 14.0 Å². The highest BCUT2D eigenvalue weighted by molar-refractivity contribution is 6.76. The smallest absolute Gasteiger partial charge is 0.335 e. The molecule has 0 unspecified atom stereocenters. The van der Waals surface area contributed by atoms with Crippen molar-refractivity contribution in [3.8, 4) is 0 Å². The van der Waals surface area contributed by atoms with Gasteiger partial charge in [0.05, 0.1) is 5.56 Å². The van der Waals surface area contributed by atoms with Gasteiger partial charge >= 0.3 is 5.97 Å². The van der Waals surface area contributed by atoms with Crippen LogP contribution in [0.1, 0.15) is 48.0 Å². The lowest BCUT2D eigenvalue weighted by atomic mass is 10.0. The third-order valence-corrected chi connectivity index (χ3v) is 5.45. The Morgan fingerprint density at radius 1 is 0.950 bits per heavy atom. The SMILES string of the molecule is C[Si](C)(C)CCCCCCCc1ccc(C(=O)O)cc1. The summed E-state index contributed by atoms with van der Waals surface area (Å²) in [4.78, 5) is 10.7. The molecule has 0 saturated heterocycles. The van der Waals surface area contributed by atoms with Crippen molar-refractivity contribution in [3.05, 3.63) is 35.4 Å². The Morgan fingerprint density at radius 3 is 2.05 bits per heavy atom. The highest BCUT2D eigenvalue weighted by Gasteiger charge is 2.11. The molecular weight excluding hydrogens is 264 g/mol. The van der Waals surface area contributed by atoms with Gasteiger partial charge < -0.3 is 5.11 Å². The average Bonchev–Trinajstić information content (AvgIpc) is 2.37. The molecule has 1 aromatic carbocycles. The fourth-order valence-electron chi connectivity index (χ4n) is 2.33. The zero-order chi connectivity index (χ0) is 15.0. The second-order valence-corrected chi connectivity index (χ2v) is 12.5. The number of hydrogen-bond acceptors (Lipinski definition) is 1. The molecule has 20 heavy (non-hydrogen) atoms. The Labute approximate surface area is 124 Å². The summed E-state index contributed by atoms with van der Waals surface area (Å²) < 4.78 is 0. The molecule has 1 aromatic rings. The number of rotatable bonds is 9. The van der Waals surface area contributed by atoms with Crippen molar-refractivity contribution >= 4 is 14.0 Å². The Bertz CT molecular complexity index is 404. The van der Waals surface area contributed by atoms with E-state index in [9.17, 15) is 4.79 Å². The Balaban J connectivity index is 2.11. The molecule has 1 N–H and O–H groups in total. The van der Waals surface area contributed by atoms with Crippen LogP contribution >= 0.6 is 0 Å². The monoisotopic (exact) mass is 292 g/mol. The van der Waals surface area contributed by atoms with Crippen LogP contribution in [0.5, 0.6) is 0 Å². The molecule has 1 rings (SSSR count). The summed E-state index contributed by atoms with van der Waals surface area (Å²) in [5.41, 5.74) is 1.62. The largest absolute Gasteiger partial charge is 0.478 e. The minimum atomic E-state index is -0.848. The van der Waals surface area contributed by atoms with Crippen LogP contribution in [-0.2, 0) is 6.42 Å². The van der Waals surface area contributed by atoms with E-state index in [1.165, 1.54) is 43.7 Å². The molecule has 0 bridgehead atoms. The predicted octanol–water partition coefficient (Wildman–Crippen LogP) is 5.22. The van der Waals surface area contributed by atoms with Gasteiger partial charge in [-0.05, 0) is 30.5 Å². The normalized spacial score (nSPS) is 11.6. The van der Waals surface area contributed by atoms with Gasteiger partial charge in [-0.1, -0.05) is 63.5 Å². The van der Waals surface area contributed by atoms with Crippen LogP contribution in [0.25, 0.3) is 0 Å². The summed E-state index contributed by atoms with van der Waals surface area (Å²) in [6, 6.07) is 8.73. The fraction of sp³-hybridized carbons (Fsp3) is 0.588. The fourth-order valence-corrected chi connectivity index (χ4v) is 3.64. The number of hydrogen-bond donors (Lipinski definition) is 1. The molecule has 2 nitrogen and oxygen atoms in total. The molecule has 0 aliphatic rings. The van der Waals surface area contributed by atoms with E-state index in [0.29, 0.717) is 5.56 Å². The van der Waals surface area contributed by atoms with Gasteiger partial charge in [0, 0.05) is 8.07 Å². The van der Waals surface area contributed by atoms with Crippen LogP contribution < -0.4 is 0 Å². The van der Waals surface area contributed by atoms with Gasteiger partial charge in [-0.15, -0.1) is 0 Å². The number of aromatic carboxylic acids is 1. The quantitative estimate of drug-likeness (QED) is 0.500. The number of carboxylic acid groups (broad SMARTS) is 1. The molecule has 112 valence electrons. The van der Waals surface area contributed by atoms with E-state index in [1.807, 2.05) is 12.1 Å². The van der Waals surface area contributed by atoms with Gasteiger partial charge in [-0.2, -0.15) is 0 Å². The van der Waals surface area contributed by atoms with Gasteiger partial charge in [0.25, 0.3) is 0 Å². The van der Waals surface area contributed by atoms with Crippen molar-refractivity contribution in [3.63, 3.8) is 0 Å². The number of benzene rings is 1. The molecule has 0 heterocycles. The van der Waals surface area contributed by atoms with Gasteiger partial charge in [-0.3, -0.25) is 0 Å². The van der Waals surface area contributed by atoms with Crippen molar-refractivity contribution in [1.29, 1.82) is 0 Å². The molecule has 0 aliphatic carbocycles. The molecular formula is C17H28O2Si. The van der Waals surface area contributed by atoms with Crippen LogP contribution in [0.4, 0.5) is 0 Å². The summed E-state index contributed by atoms with van der Waals surface area (Å²) in [7, 11) is -0.841. The van der Waals surface area contributed by atoms with Gasteiger partial charge in [-0.25, -0.2) is 4.79 Å². The van der Waals surface area contributed by atoms with Crippen molar-refractivity contribution in [2.45, 2.75) is 64.2 Å². The average molecular weight is 292 g/mol. The van der Waals surface area contributed by atoms with Gasteiger partial charge in [0.2, 0.25) is 0 Å². The molecule has 0 fully saturated rings. The number of carbonyl (C=O) groups is 1. The topological polar surface area (TPSA) is 37.3 Å². The standard InChI is InChI=1S/C17H28O2Si/c1-20(2,3)14-8-6-4-5-7-9-15-10-12-16(13-11-15)17(18)19/h10-13H,4-9,14H2,1-3H3,(H,18,19). The van der Waals surface area contributed by atoms with E-state index in [0.717, 1.165) is 6.42 Å². The number of aryl methyl sites for hydroxylation is 1. The van der Waals surface area contributed by atoms with Crippen LogP contribution in [-0.4, -0.2) is 19.1 Å². The molecule has 0 saturated carbocycles. The van der Waals surface area contributed by atoms with E-state index in [4.69, 9.17) is 5.11 Å². The summed E-state index contributed by atoms with van der Waals surface area (Å²) in [5.74, 6) is -0.848.